The summed E-state index contributed by atoms with van der Waals surface area (Å²) in [5, 5.41) is 9.62. The second kappa shape index (κ2) is 6.90. The molecule has 4 N–H and O–H groups in total. The minimum absolute atomic E-state index is 0.232. The zero-order valence-corrected chi connectivity index (χ0v) is 12.3. The van der Waals surface area contributed by atoms with E-state index in [9.17, 15) is 4.79 Å². The number of anilines is 2. The first-order valence-corrected chi connectivity index (χ1v) is 6.87. The fourth-order valence-corrected chi connectivity index (χ4v) is 2.10. The summed E-state index contributed by atoms with van der Waals surface area (Å²) in [6.45, 7) is 2.54. The Morgan fingerprint density at radius 3 is 3.00 bits per heavy atom. The predicted molar refractivity (Wildman–Crippen MR) is 82.1 cm³/mol. The van der Waals surface area contributed by atoms with Crippen LogP contribution in [0.3, 0.4) is 0 Å². The Morgan fingerprint density at radius 2 is 2.29 bits per heavy atom. The summed E-state index contributed by atoms with van der Waals surface area (Å²) in [6.07, 6.45) is 1.71. The van der Waals surface area contributed by atoms with Crippen LogP contribution in [0.5, 0.6) is 0 Å². The number of carbonyl (C=O) groups excluding carboxylic acids is 1. The van der Waals surface area contributed by atoms with Gasteiger partial charge < -0.3 is 15.8 Å². The lowest BCUT2D eigenvalue weighted by Gasteiger charge is -2.06. The number of hydrogen-bond acceptors (Lipinski definition) is 4. The molecule has 0 saturated carbocycles. The number of nitrogens with two attached hydrogens (primary N) is 1. The molecule has 0 atom stereocenters. The summed E-state index contributed by atoms with van der Waals surface area (Å²) >= 11 is 0. The van der Waals surface area contributed by atoms with Crippen molar-refractivity contribution in [2.45, 2.75) is 26.4 Å². The van der Waals surface area contributed by atoms with Crippen molar-refractivity contribution >= 4 is 17.3 Å². The van der Waals surface area contributed by atoms with E-state index in [-0.39, 0.29) is 11.6 Å². The van der Waals surface area contributed by atoms with Crippen LogP contribution in [0.1, 0.15) is 35.1 Å². The molecule has 0 aliphatic heterocycles. The minimum atomic E-state index is -0.319. The summed E-state index contributed by atoms with van der Waals surface area (Å²) in [5.41, 5.74) is 9.07. The normalized spacial score (nSPS) is 10.6. The highest BCUT2D eigenvalue weighted by atomic mass is 16.5. The third-order valence-electron chi connectivity index (χ3n) is 3.09. The fourth-order valence-electron chi connectivity index (χ4n) is 2.10. The molecule has 0 spiro atoms. The summed E-state index contributed by atoms with van der Waals surface area (Å²) < 4.78 is 5.07. The first-order valence-electron chi connectivity index (χ1n) is 6.87. The first-order chi connectivity index (χ1) is 10.2. The SMILES string of the molecule is CCCc1[nH]nc(C(=O)Nc2cccc(COC)c2)c1N. The zero-order chi connectivity index (χ0) is 15.2. The van der Waals surface area contributed by atoms with Gasteiger partial charge in [0.2, 0.25) is 0 Å². The first kappa shape index (κ1) is 15.1. The van der Waals surface area contributed by atoms with Crippen LogP contribution in [0.4, 0.5) is 11.4 Å². The quantitative estimate of drug-likeness (QED) is 0.760. The molecule has 0 aliphatic carbocycles. The lowest BCUT2D eigenvalue weighted by molar-refractivity contribution is 0.102. The molecule has 112 valence electrons. The molecule has 1 aromatic carbocycles. The van der Waals surface area contributed by atoms with Crippen molar-refractivity contribution in [3.8, 4) is 0 Å². The van der Waals surface area contributed by atoms with Crippen molar-refractivity contribution in [3.63, 3.8) is 0 Å². The Balaban J connectivity index is 2.12. The minimum Gasteiger partial charge on any atom is -0.395 e. The summed E-state index contributed by atoms with van der Waals surface area (Å²) in [6, 6.07) is 7.46. The Kier molecular flexibility index (Phi) is 4.94. The highest BCUT2D eigenvalue weighted by Crippen LogP contribution is 2.18. The maximum Gasteiger partial charge on any atom is 0.278 e. The van der Waals surface area contributed by atoms with Gasteiger partial charge >= 0.3 is 0 Å². The van der Waals surface area contributed by atoms with Crippen LogP contribution in [0.2, 0.25) is 0 Å². The monoisotopic (exact) mass is 288 g/mol. The smallest absolute Gasteiger partial charge is 0.278 e. The van der Waals surface area contributed by atoms with Gasteiger partial charge in [-0.15, -0.1) is 0 Å². The highest BCUT2D eigenvalue weighted by Gasteiger charge is 2.17. The maximum atomic E-state index is 12.2. The van der Waals surface area contributed by atoms with Gasteiger partial charge in [-0.25, -0.2) is 0 Å². The standard InChI is InChI=1S/C15H20N4O2/c1-3-5-12-13(16)14(19-18-12)15(20)17-11-7-4-6-10(8-11)9-21-2/h4,6-8H,3,5,9,16H2,1-2H3,(H,17,20)(H,18,19). The molecule has 6 heteroatoms. The van der Waals surface area contributed by atoms with Crippen LogP contribution < -0.4 is 11.1 Å². The molecule has 0 radical (unpaired) electrons. The van der Waals surface area contributed by atoms with Gasteiger partial charge in [0.25, 0.3) is 5.91 Å². The number of aryl methyl sites for hydroxylation is 1. The van der Waals surface area contributed by atoms with Crippen LogP contribution in [0.25, 0.3) is 0 Å². The van der Waals surface area contributed by atoms with Gasteiger partial charge in [-0.1, -0.05) is 25.5 Å². The summed E-state index contributed by atoms with van der Waals surface area (Å²) in [7, 11) is 1.63. The second-order valence-electron chi connectivity index (χ2n) is 4.80. The molecule has 0 saturated heterocycles. The van der Waals surface area contributed by atoms with Crippen molar-refractivity contribution in [3.05, 3.63) is 41.2 Å². The topological polar surface area (TPSA) is 93.0 Å². The summed E-state index contributed by atoms with van der Waals surface area (Å²) in [4.78, 5) is 12.2. The lowest BCUT2D eigenvalue weighted by Crippen LogP contribution is -2.14. The predicted octanol–water partition coefficient (Wildman–Crippen LogP) is 2.34. The van der Waals surface area contributed by atoms with E-state index < -0.39 is 0 Å². The van der Waals surface area contributed by atoms with E-state index in [0.29, 0.717) is 18.0 Å². The molecule has 0 unspecified atom stereocenters. The van der Waals surface area contributed by atoms with Gasteiger partial charge in [0.15, 0.2) is 5.69 Å². The van der Waals surface area contributed by atoms with Crippen molar-refractivity contribution in [2.75, 3.05) is 18.2 Å². The Labute approximate surface area is 123 Å². The van der Waals surface area contributed by atoms with Gasteiger partial charge in [-0.3, -0.25) is 9.89 Å². The number of nitrogens with zero attached hydrogens (tertiary/aromatic N) is 1. The molecule has 21 heavy (non-hydrogen) atoms. The number of rotatable bonds is 6. The second-order valence-corrected chi connectivity index (χ2v) is 4.80. The number of amides is 1. The van der Waals surface area contributed by atoms with E-state index in [1.807, 2.05) is 31.2 Å². The maximum absolute atomic E-state index is 12.2. The lowest BCUT2D eigenvalue weighted by atomic mass is 10.2. The van der Waals surface area contributed by atoms with E-state index in [1.54, 1.807) is 7.11 Å². The molecule has 6 nitrogen and oxygen atoms in total. The van der Waals surface area contributed by atoms with E-state index in [0.717, 1.165) is 24.1 Å². The van der Waals surface area contributed by atoms with Crippen LogP contribution >= 0.6 is 0 Å². The van der Waals surface area contributed by atoms with Gasteiger partial charge in [0.05, 0.1) is 18.0 Å². The number of benzene rings is 1. The summed E-state index contributed by atoms with van der Waals surface area (Å²) in [5.74, 6) is -0.319. The van der Waals surface area contributed by atoms with Crippen LogP contribution in [-0.2, 0) is 17.8 Å². The zero-order valence-electron chi connectivity index (χ0n) is 12.3. The third kappa shape index (κ3) is 3.61. The van der Waals surface area contributed by atoms with Crippen molar-refractivity contribution in [1.82, 2.24) is 10.2 Å². The van der Waals surface area contributed by atoms with E-state index >= 15 is 0 Å². The molecule has 2 aromatic rings. The molecule has 2 rings (SSSR count). The molecular formula is C15H20N4O2. The Morgan fingerprint density at radius 1 is 1.48 bits per heavy atom. The van der Waals surface area contributed by atoms with Crippen LogP contribution in [-0.4, -0.2) is 23.2 Å². The number of aromatic amines is 1. The molecule has 1 heterocycles. The molecule has 1 amide bonds. The van der Waals surface area contributed by atoms with Crippen LogP contribution in [0, 0.1) is 0 Å². The van der Waals surface area contributed by atoms with Gasteiger partial charge in [-0.2, -0.15) is 5.10 Å². The van der Waals surface area contributed by atoms with Crippen LogP contribution in [0.15, 0.2) is 24.3 Å². The van der Waals surface area contributed by atoms with Crippen molar-refractivity contribution in [1.29, 1.82) is 0 Å². The fraction of sp³-hybridized carbons (Fsp3) is 0.333. The molecular weight excluding hydrogens is 268 g/mol. The van der Waals surface area contributed by atoms with Gasteiger partial charge in [0.1, 0.15) is 0 Å². The number of carbonyl (C=O) groups is 1. The molecule has 1 aromatic heterocycles. The van der Waals surface area contributed by atoms with E-state index in [4.69, 9.17) is 10.5 Å². The van der Waals surface area contributed by atoms with Crippen molar-refractivity contribution in [2.24, 2.45) is 0 Å². The number of aromatic nitrogens is 2. The largest absolute Gasteiger partial charge is 0.395 e. The molecule has 0 fully saturated rings. The Hall–Kier alpha value is -2.34. The number of ether oxygens (including phenoxy) is 1. The van der Waals surface area contributed by atoms with E-state index in [1.165, 1.54) is 0 Å². The average molecular weight is 288 g/mol. The average Bonchev–Trinajstić information content (AvgIpc) is 2.82. The highest BCUT2D eigenvalue weighted by molar-refractivity contribution is 6.06. The van der Waals surface area contributed by atoms with Gasteiger partial charge in [0, 0.05) is 12.8 Å². The number of methoxy groups -OCH3 is 1. The number of hydrogen-bond donors (Lipinski definition) is 3. The van der Waals surface area contributed by atoms with Gasteiger partial charge in [-0.05, 0) is 24.1 Å². The molecule has 0 bridgehead atoms. The number of H-pyrrole nitrogens is 1. The van der Waals surface area contributed by atoms with Crippen molar-refractivity contribution < 1.29 is 9.53 Å². The van der Waals surface area contributed by atoms with E-state index in [2.05, 4.69) is 15.5 Å². The Bertz CT molecular complexity index is 622. The third-order valence-corrected chi connectivity index (χ3v) is 3.09. The number of nitrogen functional groups attached to an aromatic ring is 1. The molecule has 0 aliphatic rings. The number of nitrogens with one attached hydrogen (secondary N) is 2.